The lowest BCUT2D eigenvalue weighted by atomic mass is 10.1. The molecular weight excluding hydrogens is 456 g/mol. The van der Waals surface area contributed by atoms with Crippen molar-refractivity contribution in [3.8, 4) is 0 Å². The topological polar surface area (TPSA) is 55.0 Å². The molecule has 0 fully saturated rings. The van der Waals surface area contributed by atoms with E-state index in [2.05, 4.69) is 5.32 Å². The summed E-state index contributed by atoms with van der Waals surface area (Å²) in [6, 6.07) is 9.32. The maximum absolute atomic E-state index is 14.6. The molecule has 0 saturated heterocycles. The van der Waals surface area contributed by atoms with Crippen LogP contribution >= 0.6 is 0 Å². The van der Waals surface area contributed by atoms with Crippen molar-refractivity contribution < 1.29 is 39.9 Å². The molecule has 0 atom stereocenters. The molecule has 1 amide bonds. The van der Waals surface area contributed by atoms with E-state index >= 15 is 0 Å². The second-order valence-corrected chi connectivity index (χ2v) is 7.38. The van der Waals surface area contributed by atoms with Gasteiger partial charge in [-0.05, 0) is 55.7 Å². The molecular formula is C22H22BrF2N3O2. The highest BCUT2D eigenvalue weighted by atomic mass is 79.9. The van der Waals surface area contributed by atoms with Crippen LogP contribution in [0.4, 0.5) is 14.5 Å². The Morgan fingerprint density at radius 3 is 2.50 bits per heavy atom. The Labute approximate surface area is 183 Å². The minimum atomic E-state index is -0.880. The van der Waals surface area contributed by atoms with Gasteiger partial charge in [0.1, 0.15) is 0 Å². The molecule has 2 heterocycles. The van der Waals surface area contributed by atoms with Crippen molar-refractivity contribution in [3.05, 3.63) is 59.4 Å². The van der Waals surface area contributed by atoms with Gasteiger partial charge in [0.25, 0.3) is 5.82 Å². The van der Waals surface area contributed by atoms with Crippen LogP contribution in [0.15, 0.2) is 36.4 Å². The van der Waals surface area contributed by atoms with Crippen molar-refractivity contribution in [3.63, 3.8) is 0 Å². The van der Waals surface area contributed by atoms with Crippen molar-refractivity contribution in [1.29, 1.82) is 0 Å². The number of Topliss-reactive ketones (excluding diaryl/α,β-unsaturated/α-hetero) is 1. The van der Waals surface area contributed by atoms with E-state index in [1.54, 1.807) is 30.3 Å². The summed E-state index contributed by atoms with van der Waals surface area (Å²) in [4.78, 5) is 24.1. The molecule has 0 radical (unpaired) electrons. The van der Waals surface area contributed by atoms with Crippen LogP contribution in [0.2, 0.25) is 0 Å². The van der Waals surface area contributed by atoms with Crippen LogP contribution in [0.5, 0.6) is 0 Å². The standard InChI is InChI=1S/C22H21F2N3O2.BrH/c1-14(28)25-16-8-6-15(7-9-16)19(29)13-27-18-11-10-17(23)21(24)22(18)26-12-4-2-3-5-20(26)27;/h6-11H,2-5,12-13H2,1H3;1H. The molecule has 1 aliphatic heterocycles. The monoisotopic (exact) mass is 477 g/mol. The number of carbonyl (C=O) groups is 2. The molecule has 0 bridgehead atoms. The maximum Gasteiger partial charge on any atom is 0.257 e. The van der Waals surface area contributed by atoms with E-state index in [1.807, 2.05) is 9.13 Å². The van der Waals surface area contributed by atoms with Crippen LogP contribution in [0.25, 0.3) is 11.0 Å². The van der Waals surface area contributed by atoms with Gasteiger partial charge < -0.3 is 22.3 Å². The molecule has 0 saturated carbocycles. The second kappa shape index (κ2) is 9.04. The largest absolute Gasteiger partial charge is 1.00 e. The molecule has 4 rings (SSSR count). The van der Waals surface area contributed by atoms with Gasteiger partial charge in [0.05, 0.1) is 6.54 Å². The first-order valence-corrected chi connectivity index (χ1v) is 9.75. The van der Waals surface area contributed by atoms with Gasteiger partial charge in [-0.2, -0.15) is 4.39 Å². The van der Waals surface area contributed by atoms with Gasteiger partial charge in [-0.3, -0.25) is 9.59 Å². The Morgan fingerprint density at radius 1 is 1.07 bits per heavy atom. The van der Waals surface area contributed by atoms with Crippen molar-refractivity contribution in [1.82, 2.24) is 4.57 Å². The number of nitrogens with zero attached hydrogens (tertiary/aromatic N) is 2. The average Bonchev–Trinajstić information content (AvgIpc) is 2.83. The van der Waals surface area contributed by atoms with E-state index in [4.69, 9.17) is 0 Å². The molecule has 0 unspecified atom stereocenters. The first-order chi connectivity index (χ1) is 14.0. The molecule has 0 aliphatic carbocycles. The molecule has 3 aromatic rings. The summed E-state index contributed by atoms with van der Waals surface area (Å²) in [6.07, 6.45) is 3.56. The number of aromatic nitrogens is 2. The highest BCUT2D eigenvalue weighted by molar-refractivity contribution is 5.97. The van der Waals surface area contributed by atoms with Crippen molar-refractivity contribution in [2.24, 2.45) is 0 Å². The van der Waals surface area contributed by atoms with Gasteiger partial charge in [-0.25, -0.2) is 13.5 Å². The number of rotatable bonds is 4. The van der Waals surface area contributed by atoms with Crippen molar-refractivity contribution >= 4 is 28.4 Å². The third kappa shape index (κ3) is 4.14. The Bertz CT molecular complexity index is 1110. The van der Waals surface area contributed by atoms with Gasteiger partial charge in [0, 0.05) is 24.6 Å². The molecule has 158 valence electrons. The number of hydrogen-bond acceptors (Lipinski definition) is 2. The molecule has 8 heteroatoms. The second-order valence-electron chi connectivity index (χ2n) is 7.38. The molecule has 0 spiro atoms. The highest BCUT2D eigenvalue weighted by Gasteiger charge is 2.31. The summed E-state index contributed by atoms with van der Waals surface area (Å²) < 4.78 is 32.1. The van der Waals surface area contributed by atoms with E-state index in [0.717, 1.165) is 31.2 Å². The fraction of sp³-hybridized carbons (Fsp3) is 0.318. The molecule has 1 aliphatic rings. The zero-order chi connectivity index (χ0) is 20.5. The lowest BCUT2D eigenvalue weighted by Gasteiger charge is -2.05. The number of fused-ring (bicyclic) bond motifs is 3. The quantitative estimate of drug-likeness (QED) is 0.445. The molecule has 5 nitrogen and oxygen atoms in total. The summed E-state index contributed by atoms with van der Waals surface area (Å²) in [6.45, 7) is 2.07. The highest BCUT2D eigenvalue weighted by Crippen LogP contribution is 2.24. The number of carbonyl (C=O) groups excluding carboxylic acids is 2. The minimum Gasteiger partial charge on any atom is -1.00 e. The van der Waals surface area contributed by atoms with Gasteiger partial charge in [0.15, 0.2) is 17.9 Å². The molecule has 30 heavy (non-hydrogen) atoms. The van der Waals surface area contributed by atoms with Crippen LogP contribution in [0.1, 0.15) is 42.4 Å². The molecule has 2 aromatic carbocycles. The number of halogens is 3. The predicted molar refractivity (Wildman–Crippen MR) is 105 cm³/mol. The number of hydrogen-bond donors (Lipinski definition) is 1. The van der Waals surface area contributed by atoms with Crippen LogP contribution < -0.4 is 26.9 Å². The first kappa shape index (κ1) is 22.1. The van der Waals surface area contributed by atoms with Crippen LogP contribution in [-0.2, 0) is 24.3 Å². The number of nitrogens with one attached hydrogen (secondary N) is 1. The Hall–Kier alpha value is -2.61. The lowest BCUT2D eigenvalue weighted by Crippen LogP contribution is -3.00. The third-order valence-electron chi connectivity index (χ3n) is 5.34. The minimum absolute atomic E-state index is 0. The predicted octanol–water partition coefficient (Wildman–Crippen LogP) is 0.779. The van der Waals surface area contributed by atoms with E-state index in [0.29, 0.717) is 29.7 Å². The van der Waals surface area contributed by atoms with E-state index in [-0.39, 0.29) is 40.7 Å². The number of aryl methyl sites for hydroxylation is 1. The number of amides is 1. The Morgan fingerprint density at radius 2 is 1.80 bits per heavy atom. The number of benzene rings is 2. The smallest absolute Gasteiger partial charge is 0.257 e. The van der Waals surface area contributed by atoms with E-state index in [1.165, 1.54) is 6.92 Å². The van der Waals surface area contributed by atoms with Gasteiger partial charge in [0.2, 0.25) is 23.0 Å². The fourth-order valence-corrected chi connectivity index (χ4v) is 4.01. The molecule has 1 N–H and O–H groups in total. The zero-order valence-corrected chi connectivity index (χ0v) is 18.1. The zero-order valence-electron chi connectivity index (χ0n) is 16.6. The number of anilines is 1. The van der Waals surface area contributed by atoms with Crippen LogP contribution in [0.3, 0.4) is 0 Å². The van der Waals surface area contributed by atoms with E-state index < -0.39 is 11.6 Å². The number of ketones is 1. The summed E-state index contributed by atoms with van der Waals surface area (Å²) >= 11 is 0. The van der Waals surface area contributed by atoms with Crippen LogP contribution in [-0.4, -0.2) is 16.3 Å². The normalized spacial score (nSPS) is 13.3. The first-order valence-electron chi connectivity index (χ1n) is 9.75. The summed E-state index contributed by atoms with van der Waals surface area (Å²) in [5.74, 6) is -1.21. The van der Waals surface area contributed by atoms with Gasteiger partial charge >= 0.3 is 0 Å². The van der Waals surface area contributed by atoms with E-state index in [9.17, 15) is 18.4 Å². The Balaban J connectivity index is 0.00000256. The van der Waals surface area contributed by atoms with Gasteiger partial charge in [-0.15, -0.1) is 0 Å². The Kier molecular flexibility index (Phi) is 6.65. The van der Waals surface area contributed by atoms with Gasteiger partial charge in [-0.1, -0.05) is 0 Å². The number of imidazole rings is 1. The van der Waals surface area contributed by atoms with Crippen LogP contribution in [0, 0.1) is 11.6 Å². The maximum atomic E-state index is 14.6. The summed E-state index contributed by atoms with van der Waals surface area (Å²) in [5, 5.41) is 2.66. The SMILES string of the molecule is CC(=O)Nc1ccc(C(=O)Cn2c3[n+](c4c(F)c(F)ccc42)CCCCC3)cc1.[Br-]. The fourth-order valence-electron chi connectivity index (χ4n) is 4.01. The average molecular weight is 478 g/mol. The summed E-state index contributed by atoms with van der Waals surface area (Å²) in [7, 11) is 0. The van der Waals surface area contributed by atoms with Crippen molar-refractivity contribution in [2.45, 2.75) is 45.7 Å². The molecule has 1 aromatic heterocycles. The third-order valence-corrected chi connectivity index (χ3v) is 5.34. The van der Waals surface area contributed by atoms with Crippen molar-refractivity contribution in [2.75, 3.05) is 5.32 Å². The lowest BCUT2D eigenvalue weighted by molar-refractivity contribution is -0.679. The summed E-state index contributed by atoms with van der Waals surface area (Å²) in [5.41, 5.74) is 1.87.